The molecule has 0 aliphatic carbocycles. The Kier molecular flexibility index (Phi) is 6.35. The van der Waals surface area contributed by atoms with Crippen LogP contribution in [0.1, 0.15) is 23.2 Å². The van der Waals surface area contributed by atoms with Gasteiger partial charge in [0.2, 0.25) is 5.95 Å². The molecule has 0 atom stereocenters. The molecule has 0 aliphatic heterocycles. The fourth-order valence-corrected chi connectivity index (χ4v) is 2.35. The zero-order valence-electron chi connectivity index (χ0n) is 14.6. The molecule has 23 heavy (non-hydrogen) atoms. The van der Waals surface area contributed by atoms with Gasteiger partial charge in [-0.15, -0.1) is 0 Å². The number of hydrogen-bond donors (Lipinski definition) is 2. The van der Waals surface area contributed by atoms with E-state index in [1.165, 1.54) is 11.1 Å². The molecule has 0 spiro atoms. The number of anilines is 2. The molecule has 5 heteroatoms. The summed E-state index contributed by atoms with van der Waals surface area (Å²) in [4.78, 5) is 11.2. The van der Waals surface area contributed by atoms with Crippen LogP contribution in [0, 0.1) is 13.8 Å². The van der Waals surface area contributed by atoms with Crippen LogP contribution in [0.2, 0.25) is 0 Å². The predicted molar refractivity (Wildman–Crippen MR) is 96.9 cm³/mol. The maximum Gasteiger partial charge on any atom is 0.224 e. The van der Waals surface area contributed by atoms with E-state index in [9.17, 15) is 0 Å². The van der Waals surface area contributed by atoms with Crippen LogP contribution in [0.5, 0.6) is 0 Å². The highest BCUT2D eigenvalue weighted by Crippen LogP contribution is 2.12. The van der Waals surface area contributed by atoms with E-state index in [0.29, 0.717) is 5.95 Å². The fraction of sp³-hybridized carbons (Fsp3) is 0.444. The fourth-order valence-electron chi connectivity index (χ4n) is 2.35. The Morgan fingerprint density at radius 1 is 1.04 bits per heavy atom. The van der Waals surface area contributed by atoms with E-state index in [-0.39, 0.29) is 0 Å². The molecule has 0 radical (unpaired) electrons. The first kappa shape index (κ1) is 17.2. The monoisotopic (exact) mass is 313 g/mol. The first-order chi connectivity index (χ1) is 11.0. The van der Waals surface area contributed by atoms with Crippen molar-refractivity contribution in [1.82, 2.24) is 14.9 Å². The summed E-state index contributed by atoms with van der Waals surface area (Å²) < 4.78 is 0. The Balaban J connectivity index is 1.91. The van der Waals surface area contributed by atoms with Crippen LogP contribution in [0.25, 0.3) is 0 Å². The molecular formula is C18H27N5. The zero-order valence-corrected chi connectivity index (χ0v) is 14.6. The van der Waals surface area contributed by atoms with Crippen molar-refractivity contribution in [3.63, 3.8) is 0 Å². The lowest BCUT2D eigenvalue weighted by atomic mass is 10.1. The van der Waals surface area contributed by atoms with Crippen molar-refractivity contribution in [1.29, 1.82) is 0 Å². The van der Waals surface area contributed by atoms with Crippen molar-refractivity contribution in [2.75, 3.05) is 37.8 Å². The lowest BCUT2D eigenvalue weighted by molar-refractivity contribution is 0.405. The highest BCUT2D eigenvalue weighted by Gasteiger charge is 2.02. The average molecular weight is 313 g/mol. The van der Waals surface area contributed by atoms with Gasteiger partial charge in [0, 0.05) is 24.8 Å². The van der Waals surface area contributed by atoms with Gasteiger partial charge in [0.25, 0.3) is 0 Å². The van der Waals surface area contributed by atoms with Gasteiger partial charge in [0.1, 0.15) is 5.82 Å². The van der Waals surface area contributed by atoms with Crippen LogP contribution in [-0.4, -0.2) is 42.1 Å². The number of aryl methyl sites for hydroxylation is 2. The maximum absolute atomic E-state index is 4.54. The highest BCUT2D eigenvalue weighted by molar-refractivity contribution is 5.42. The molecule has 0 fully saturated rings. The third-order valence-electron chi connectivity index (χ3n) is 3.48. The van der Waals surface area contributed by atoms with E-state index < -0.39 is 0 Å². The quantitative estimate of drug-likeness (QED) is 0.734. The molecule has 0 saturated heterocycles. The minimum Gasteiger partial charge on any atom is -0.366 e. The maximum atomic E-state index is 4.54. The summed E-state index contributed by atoms with van der Waals surface area (Å²) in [5.41, 5.74) is 3.48. The number of nitrogens with zero attached hydrogens (tertiary/aromatic N) is 3. The number of aromatic nitrogens is 2. The van der Waals surface area contributed by atoms with Gasteiger partial charge in [-0.2, -0.15) is 4.98 Å². The molecule has 5 nitrogen and oxygen atoms in total. The molecule has 0 unspecified atom stereocenters. The first-order valence-corrected chi connectivity index (χ1v) is 8.06. The molecule has 0 bridgehead atoms. The second-order valence-corrected chi connectivity index (χ2v) is 6.14. The summed E-state index contributed by atoms with van der Waals surface area (Å²) in [5, 5.41) is 6.68. The SMILES string of the molecule is Cc1cccc(CNc2cc(C)nc(NCCCN(C)C)n2)c1. The van der Waals surface area contributed by atoms with Crippen LogP contribution in [0.3, 0.4) is 0 Å². The molecule has 124 valence electrons. The third-order valence-corrected chi connectivity index (χ3v) is 3.48. The highest BCUT2D eigenvalue weighted by atomic mass is 15.1. The Labute approximate surface area is 139 Å². The Morgan fingerprint density at radius 2 is 1.87 bits per heavy atom. The molecule has 2 aromatic rings. The van der Waals surface area contributed by atoms with E-state index in [2.05, 4.69) is 70.8 Å². The van der Waals surface area contributed by atoms with E-state index in [1.807, 2.05) is 13.0 Å². The molecule has 2 N–H and O–H groups in total. The minimum absolute atomic E-state index is 0.690. The lowest BCUT2D eigenvalue weighted by Gasteiger charge is -2.12. The predicted octanol–water partition coefficient (Wildman–Crippen LogP) is 3.07. The van der Waals surface area contributed by atoms with Gasteiger partial charge in [-0.1, -0.05) is 29.8 Å². The van der Waals surface area contributed by atoms with Gasteiger partial charge in [-0.25, -0.2) is 4.98 Å². The molecule has 1 aromatic heterocycles. The molecule has 2 rings (SSSR count). The summed E-state index contributed by atoms with van der Waals surface area (Å²) in [6.07, 6.45) is 1.07. The van der Waals surface area contributed by atoms with Crippen molar-refractivity contribution < 1.29 is 0 Å². The third kappa shape index (κ3) is 6.24. The normalized spacial score (nSPS) is 10.8. The smallest absolute Gasteiger partial charge is 0.224 e. The molecule has 0 aliphatic rings. The van der Waals surface area contributed by atoms with Crippen molar-refractivity contribution >= 4 is 11.8 Å². The van der Waals surface area contributed by atoms with Crippen LogP contribution < -0.4 is 10.6 Å². The Hall–Kier alpha value is -2.14. The molecule has 1 aromatic carbocycles. The number of benzene rings is 1. The van der Waals surface area contributed by atoms with Crippen LogP contribution in [0.15, 0.2) is 30.3 Å². The van der Waals surface area contributed by atoms with Gasteiger partial charge in [0.15, 0.2) is 0 Å². The van der Waals surface area contributed by atoms with E-state index in [0.717, 1.165) is 37.6 Å². The summed E-state index contributed by atoms with van der Waals surface area (Å²) in [7, 11) is 4.16. The van der Waals surface area contributed by atoms with Gasteiger partial charge < -0.3 is 15.5 Å². The van der Waals surface area contributed by atoms with Gasteiger partial charge in [0.05, 0.1) is 0 Å². The summed E-state index contributed by atoms with van der Waals surface area (Å²) in [5.74, 6) is 1.55. The largest absolute Gasteiger partial charge is 0.366 e. The minimum atomic E-state index is 0.690. The lowest BCUT2D eigenvalue weighted by Crippen LogP contribution is -2.17. The van der Waals surface area contributed by atoms with Gasteiger partial charge in [-0.05, 0) is 46.5 Å². The van der Waals surface area contributed by atoms with Crippen molar-refractivity contribution in [2.24, 2.45) is 0 Å². The summed E-state index contributed by atoms with van der Waals surface area (Å²) in [6.45, 7) is 6.78. The van der Waals surface area contributed by atoms with Gasteiger partial charge in [-0.3, -0.25) is 0 Å². The van der Waals surface area contributed by atoms with Crippen LogP contribution >= 0.6 is 0 Å². The van der Waals surface area contributed by atoms with Crippen molar-refractivity contribution in [3.8, 4) is 0 Å². The second kappa shape index (κ2) is 8.48. The Bertz CT molecular complexity index is 625. The first-order valence-electron chi connectivity index (χ1n) is 8.06. The molecule has 0 amide bonds. The molecular weight excluding hydrogens is 286 g/mol. The summed E-state index contributed by atoms with van der Waals surface area (Å²) in [6, 6.07) is 10.5. The molecule has 0 saturated carbocycles. The molecule has 1 heterocycles. The van der Waals surface area contributed by atoms with Crippen molar-refractivity contribution in [3.05, 3.63) is 47.2 Å². The van der Waals surface area contributed by atoms with E-state index in [1.54, 1.807) is 0 Å². The zero-order chi connectivity index (χ0) is 16.7. The second-order valence-electron chi connectivity index (χ2n) is 6.14. The van der Waals surface area contributed by atoms with E-state index >= 15 is 0 Å². The Morgan fingerprint density at radius 3 is 2.61 bits per heavy atom. The average Bonchev–Trinajstić information content (AvgIpc) is 2.49. The number of rotatable bonds is 8. The van der Waals surface area contributed by atoms with Crippen LogP contribution in [0.4, 0.5) is 11.8 Å². The van der Waals surface area contributed by atoms with Crippen molar-refractivity contribution in [2.45, 2.75) is 26.8 Å². The number of hydrogen-bond acceptors (Lipinski definition) is 5. The number of nitrogens with one attached hydrogen (secondary N) is 2. The van der Waals surface area contributed by atoms with E-state index in [4.69, 9.17) is 0 Å². The standard InChI is InChI=1S/C18H27N5/c1-14-7-5-8-16(11-14)13-20-17-12-15(2)21-18(22-17)19-9-6-10-23(3)4/h5,7-8,11-12H,6,9-10,13H2,1-4H3,(H2,19,20,21,22). The summed E-state index contributed by atoms with van der Waals surface area (Å²) >= 11 is 0. The topological polar surface area (TPSA) is 53.1 Å². The van der Waals surface area contributed by atoms with Gasteiger partial charge >= 0.3 is 0 Å². The van der Waals surface area contributed by atoms with Crippen LogP contribution in [-0.2, 0) is 6.54 Å².